The summed E-state index contributed by atoms with van der Waals surface area (Å²) in [5, 5.41) is 28.1. The summed E-state index contributed by atoms with van der Waals surface area (Å²) >= 11 is 0. The number of aromatic hydroxyl groups is 2. The number of aryl methyl sites for hydroxylation is 1. The molecular weight excluding hydrogens is 314 g/mol. The maximum Gasteiger partial charge on any atom is 0.141 e. The van der Waals surface area contributed by atoms with E-state index in [0.29, 0.717) is 16.9 Å². The van der Waals surface area contributed by atoms with Crippen LogP contribution in [0.4, 0.5) is 17.1 Å². The van der Waals surface area contributed by atoms with E-state index in [4.69, 9.17) is 0 Å². The van der Waals surface area contributed by atoms with Gasteiger partial charge >= 0.3 is 0 Å². The highest BCUT2D eigenvalue weighted by molar-refractivity contribution is 5.87. The SMILES string of the molecule is Cc1ccc(N=Nc2ccc(O)c(C=Nc3ccccc3O)c2)cc1. The van der Waals surface area contributed by atoms with Gasteiger partial charge in [-0.2, -0.15) is 10.2 Å². The minimum absolute atomic E-state index is 0.0773. The second-order valence-corrected chi connectivity index (χ2v) is 5.53. The van der Waals surface area contributed by atoms with Crippen LogP contribution in [0.25, 0.3) is 0 Å². The van der Waals surface area contributed by atoms with Gasteiger partial charge in [-0.3, -0.25) is 4.99 Å². The zero-order valence-corrected chi connectivity index (χ0v) is 13.7. The molecule has 0 aliphatic carbocycles. The third kappa shape index (κ3) is 4.29. The first-order chi connectivity index (χ1) is 12.1. The van der Waals surface area contributed by atoms with Crippen molar-refractivity contribution in [2.45, 2.75) is 6.92 Å². The Morgan fingerprint density at radius 2 is 1.44 bits per heavy atom. The van der Waals surface area contributed by atoms with E-state index in [2.05, 4.69) is 15.2 Å². The number of benzene rings is 3. The van der Waals surface area contributed by atoms with Crippen molar-refractivity contribution in [1.82, 2.24) is 0 Å². The number of hydrogen-bond donors (Lipinski definition) is 2. The summed E-state index contributed by atoms with van der Waals surface area (Å²) in [4.78, 5) is 4.20. The van der Waals surface area contributed by atoms with E-state index in [-0.39, 0.29) is 11.5 Å². The first-order valence-corrected chi connectivity index (χ1v) is 7.75. The molecule has 0 aliphatic heterocycles. The van der Waals surface area contributed by atoms with E-state index >= 15 is 0 Å². The van der Waals surface area contributed by atoms with Crippen LogP contribution in [-0.4, -0.2) is 16.4 Å². The number of phenols is 2. The molecule has 0 amide bonds. The van der Waals surface area contributed by atoms with Crippen LogP contribution in [0.2, 0.25) is 0 Å². The number of aliphatic imine (C=N–C) groups is 1. The molecule has 0 unspecified atom stereocenters. The normalized spacial score (nSPS) is 11.4. The van der Waals surface area contributed by atoms with Crippen molar-refractivity contribution in [3.8, 4) is 11.5 Å². The van der Waals surface area contributed by atoms with Gasteiger partial charge in [0.1, 0.15) is 17.2 Å². The molecule has 124 valence electrons. The molecule has 0 atom stereocenters. The third-order valence-electron chi connectivity index (χ3n) is 3.55. The molecule has 3 rings (SSSR count). The second-order valence-electron chi connectivity index (χ2n) is 5.53. The van der Waals surface area contributed by atoms with Crippen LogP contribution < -0.4 is 0 Å². The second kappa shape index (κ2) is 7.40. The lowest BCUT2D eigenvalue weighted by molar-refractivity contribution is 0.474. The Morgan fingerprint density at radius 3 is 2.20 bits per heavy atom. The average molecular weight is 331 g/mol. The van der Waals surface area contributed by atoms with Gasteiger partial charge in [-0.05, 0) is 49.4 Å². The Kier molecular flexibility index (Phi) is 4.85. The fourth-order valence-corrected chi connectivity index (χ4v) is 2.15. The Bertz CT molecular complexity index is 932. The third-order valence-corrected chi connectivity index (χ3v) is 3.55. The molecule has 25 heavy (non-hydrogen) atoms. The highest BCUT2D eigenvalue weighted by Crippen LogP contribution is 2.27. The fourth-order valence-electron chi connectivity index (χ4n) is 2.15. The van der Waals surface area contributed by atoms with Crippen LogP contribution >= 0.6 is 0 Å². The molecule has 3 aromatic carbocycles. The van der Waals surface area contributed by atoms with Crippen molar-refractivity contribution < 1.29 is 10.2 Å². The van der Waals surface area contributed by atoms with Gasteiger partial charge in [0.25, 0.3) is 0 Å². The van der Waals surface area contributed by atoms with Crippen molar-refractivity contribution in [2.75, 3.05) is 0 Å². The van der Waals surface area contributed by atoms with Crippen LogP contribution in [0, 0.1) is 6.92 Å². The van der Waals surface area contributed by atoms with Gasteiger partial charge in [-0.25, -0.2) is 0 Å². The summed E-state index contributed by atoms with van der Waals surface area (Å²) in [6, 6.07) is 19.3. The van der Waals surface area contributed by atoms with E-state index in [0.717, 1.165) is 11.3 Å². The number of azo groups is 1. The number of nitrogens with zero attached hydrogens (tertiary/aromatic N) is 3. The summed E-state index contributed by atoms with van der Waals surface area (Å²) in [6.45, 7) is 2.01. The largest absolute Gasteiger partial charge is 0.507 e. The highest BCUT2D eigenvalue weighted by Gasteiger charge is 2.02. The standard InChI is InChI=1S/C20H17N3O2/c1-14-6-8-16(9-7-14)22-23-17-10-11-19(24)15(12-17)13-21-18-4-2-3-5-20(18)25/h2-13,24-25H,1H3. The highest BCUT2D eigenvalue weighted by atomic mass is 16.3. The van der Waals surface area contributed by atoms with Gasteiger partial charge in [0, 0.05) is 11.8 Å². The van der Waals surface area contributed by atoms with E-state index in [1.807, 2.05) is 31.2 Å². The lowest BCUT2D eigenvalue weighted by Gasteiger charge is -2.01. The Morgan fingerprint density at radius 1 is 0.760 bits per heavy atom. The molecule has 2 N–H and O–H groups in total. The van der Waals surface area contributed by atoms with E-state index in [1.165, 1.54) is 12.3 Å². The van der Waals surface area contributed by atoms with Gasteiger partial charge < -0.3 is 10.2 Å². The lowest BCUT2D eigenvalue weighted by Crippen LogP contribution is -1.82. The van der Waals surface area contributed by atoms with Crippen molar-refractivity contribution in [3.63, 3.8) is 0 Å². The van der Waals surface area contributed by atoms with Crippen LogP contribution in [0.1, 0.15) is 11.1 Å². The molecule has 5 heteroatoms. The predicted octanol–water partition coefficient (Wildman–Crippen LogP) is 5.57. The molecule has 0 saturated heterocycles. The van der Waals surface area contributed by atoms with Gasteiger partial charge in [0.05, 0.1) is 11.4 Å². The molecule has 0 saturated carbocycles. The fraction of sp³-hybridized carbons (Fsp3) is 0.0500. The molecule has 0 fully saturated rings. The van der Waals surface area contributed by atoms with Crippen molar-refractivity contribution in [1.29, 1.82) is 0 Å². The van der Waals surface area contributed by atoms with Gasteiger partial charge in [-0.15, -0.1) is 0 Å². The smallest absolute Gasteiger partial charge is 0.141 e. The molecule has 0 spiro atoms. The number of rotatable bonds is 4. The summed E-state index contributed by atoms with van der Waals surface area (Å²) in [5.41, 5.74) is 3.42. The Labute approximate surface area is 145 Å². The number of hydrogen-bond acceptors (Lipinski definition) is 5. The van der Waals surface area contributed by atoms with Crippen molar-refractivity contribution >= 4 is 23.3 Å². The summed E-state index contributed by atoms with van der Waals surface area (Å²) < 4.78 is 0. The first kappa shape index (κ1) is 16.4. The minimum atomic E-state index is 0.0773. The van der Waals surface area contributed by atoms with Crippen molar-refractivity contribution in [3.05, 3.63) is 77.9 Å². The molecule has 5 nitrogen and oxygen atoms in total. The molecule has 3 aromatic rings. The molecule has 0 heterocycles. The molecule has 0 aliphatic rings. The monoisotopic (exact) mass is 331 g/mol. The van der Waals surface area contributed by atoms with Crippen LogP contribution in [0.3, 0.4) is 0 Å². The van der Waals surface area contributed by atoms with Gasteiger partial charge in [0.15, 0.2) is 0 Å². The van der Waals surface area contributed by atoms with Gasteiger partial charge in [-0.1, -0.05) is 29.8 Å². The van der Waals surface area contributed by atoms with Crippen molar-refractivity contribution in [2.24, 2.45) is 15.2 Å². The average Bonchev–Trinajstić information content (AvgIpc) is 2.62. The van der Waals surface area contributed by atoms with Crippen LogP contribution in [0.5, 0.6) is 11.5 Å². The molecule has 0 bridgehead atoms. The minimum Gasteiger partial charge on any atom is -0.507 e. The maximum absolute atomic E-state index is 9.97. The zero-order valence-electron chi connectivity index (χ0n) is 13.7. The predicted molar refractivity (Wildman–Crippen MR) is 98.8 cm³/mol. The number of para-hydroxylation sites is 2. The molecule has 0 aromatic heterocycles. The molecule has 0 radical (unpaired) electrons. The van der Waals surface area contributed by atoms with E-state index in [9.17, 15) is 10.2 Å². The summed E-state index contributed by atoms with van der Waals surface area (Å²) in [5.74, 6) is 0.155. The molecular formula is C20H17N3O2. The van der Waals surface area contributed by atoms with E-state index < -0.39 is 0 Å². The van der Waals surface area contributed by atoms with Gasteiger partial charge in [0.2, 0.25) is 0 Å². The maximum atomic E-state index is 9.97. The number of phenolic OH excluding ortho intramolecular Hbond substituents is 2. The first-order valence-electron chi connectivity index (χ1n) is 7.75. The summed E-state index contributed by atoms with van der Waals surface area (Å²) in [7, 11) is 0. The summed E-state index contributed by atoms with van der Waals surface area (Å²) in [6.07, 6.45) is 1.48. The quantitative estimate of drug-likeness (QED) is 0.484. The van der Waals surface area contributed by atoms with Crippen LogP contribution in [0.15, 0.2) is 82.0 Å². The lowest BCUT2D eigenvalue weighted by atomic mass is 10.2. The Balaban J connectivity index is 1.83. The Hall–Kier alpha value is -3.47. The zero-order chi connectivity index (χ0) is 17.6. The topological polar surface area (TPSA) is 77.5 Å². The van der Waals surface area contributed by atoms with Crippen LogP contribution in [-0.2, 0) is 0 Å². The van der Waals surface area contributed by atoms with E-state index in [1.54, 1.807) is 36.4 Å².